The minimum atomic E-state index is -2.89. The van der Waals surface area contributed by atoms with Crippen molar-refractivity contribution in [2.45, 2.75) is 57.8 Å². The zero-order valence-corrected chi connectivity index (χ0v) is 18.4. The van der Waals surface area contributed by atoms with E-state index in [1.54, 1.807) is 0 Å². The van der Waals surface area contributed by atoms with Gasteiger partial charge in [0.05, 0.1) is 6.26 Å². The summed E-state index contributed by atoms with van der Waals surface area (Å²) in [5, 5.41) is 0. The molecule has 0 amide bonds. The van der Waals surface area contributed by atoms with Gasteiger partial charge in [-0.2, -0.15) is 0 Å². The van der Waals surface area contributed by atoms with Gasteiger partial charge in [-0.25, -0.2) is 31.1 Å². The first-order valence-electron chi connectivity index (χ1n) is 11.0. The number of halogens is 6. The van der Waals surface area contributed by atoms with Crippen molar-refractivity contribution in [2.75, 3.05) is 0 Å². The molecule has 0 spiro atoms. The summed E-state index contributed by atoms with van der Waals surface area (Å²) in [4.78, 5) is 12.3. The summed E-state index contributed by atoms with van der Waals surface area (Å²) < 4.78 is 90.8. The molecule has 3 rings (SSSR count). The number of allylic oxidation sites excluding steroid dienone is 1. The topological polar surface area (TPSA) is 35.5 Å². The summed E-state index contributed by atoms with van der Waals surface area (Å²) >= 11 is 0. The van der Waals surface area contributed by atoms with Gasteiger partial charge < -0.3 is 9.47 Å². The molecule has 9 heteroatoms. The monoisotopic (exact) mass is 486 g/mol. The summed E-state index contributed by atoms with van der Waals surface area (Å²) in [7, 11) is 0. The minimum absolute atomic E-state index is 0.0166. The van der Waals surface area contributed by atoms with Crippen LogP contribution in [0.3, 0.4) is 0 Å². The molecular weight excluding hydrogens is 462 g/mol. The van der Waals surface area contributed by atoms with Crippen LogP contribution >= 0.6 is 0 Å². The van der Waals surface area contributed by atoms with Gasteiger partial charge in [0, 0.05) is 18.2 Å². The first-order chi connectivity index (χ1) is 16.2. The second-order valence-electron chi connectivity index (χ2n) is 8.25. The van der Waals surface area contributed by atoms with Crippen LogP contribution in [0.1, 0.15) is 67.3 Å². The Morgan fingerprint density at radius 3 is 2.09 bits per heavy atom. The van der Waals surface area contributed by atoms with Gasteiger partial charge in [-0.05, 0) is 55.2 Å². The van der Waals surface area contributed by atoms with Crippen LogP contribution in [0.2, 0.25) is 0 Å². The molecule has 0 saturated heterocycles. The minimum Gasteiger partial charge on any atom is -0.459 e. The quantitative estimate of drug-likeness (QED) is 0.166. The van der Waals surface area contributed by atoms with Crippen molar-refractivity contribution in [3.8, 4) is 11.5 Å². The van der Waals surface area contributed by atoms with Crippen molar-refractivity contribution in [1.29, 1.82) is 0 Å². The maximum Gasteiger partial charge on any atom is 0.349 e. The van der Waals surface area contributed by atoms with E-state index in [1.807, 2.05) is 0 Å². The fraction of sp³-hybridized carbons (Fsp3) is 0.400. The fourth-order valence-corrected chi connectivity index (χ4v) is 4.25. The number of carbonyl (C=O) groups excluding carboxylic acids is 1. The zero-order valence-electron chi connectivity index (χ0n) is 18.4. The van der Waals surface area contributed by atoms with E-state index in [9.17, 15) is 31.1 Å². The van der Waals surface area contributed by atoms with Crippen molar-refractivity contribution in [3.05, 3.63) is 71.0 Å². The van der Waals surface area contributed by atoms with Gasteiger partial charge in [0.25, 0.3) is 6.43 Å². The number of hydrogen-bond donors (Lipinski definition) is 0. The van der Waals surface area contributed by atoms with Crippen LogP contribution in [-0.2, 0) is 0 Å². The molecule has 1 fully saturated rings. The predicted octanol–water partition coefficient (Wildman–Crippen LogP) is 7.69. The standard InChI is InChI=1S/C25H24F6O3/c1-2-3-14-4-6-15(7-5-14)16-10-18(26)23(19(27)11-16)25(32)34-17-12-20(28)24(21(29)13-17)33-9-8-22(30)31/h8-15,22H,2-7H2,1H3. The Kier molecular flexibility index (Phi) is 8.63. The van der Waals surface area contributed by atoms with Crippen LogP contribution in [0.4, 0.5) is 26.3 Å². The Morgan fingerprint density at radius 2 is 1.56 bits per heavy atom. The lowest BCUT2D eigenvalue weighted by Gasteiger charge is -2.28. The van der Waals surface area contributed by atoms with Gasteiger partial charge in [-0.15, -0.1) is 0 Å². The molecule has 1 aliphatic carbocycles. The number of hydrogen-bond acceptors (Lipinski definition) is 3. The Bertz CT molecular complexity index is 999. The second-order valence-corrected chi connectivity index (χ2v) is 8.25. The van der Waals surface area contributed by atoms with Gasteiger partial charge in [0.1, 0.15) is 22.9 Å². The van der Waals surface area contributed by atoms with E-state index in [0.29, 0.717) is 29.9 Å². The molecule has 0 N–H and O–H groups in total. The van der Waals surface area contributed by atoms with Crippen molar-refractivity contribution < 1.29 is 40.6 Å². The van der Waals surface area contributed by atoms with E-state index in [4.69, 9.17) is 4.74 Å². The van der Waals surface area contributed by atoms with Crippen LogP contribution in [0, 0.1) is 29.2 Å². The van der Waals surface area contributed by atoms with Gasteiger partial charge in [0.15, 0.2) is 17.4 Å². The summed E-state index contributed by atoms with van der Waals surface area (Å²) in [5.41, 5.74) is -0.527. The van der Waals surface area contributed by atoms with Crippen LogP contribution in [0.15, 0.2) is 36.6 Å². The summed E-state index contributed by atoms with van der Waals surface area (Å²) in [6, 6.07) is 3.26. The van der Waals surface area contributed by atoms with E-state index in [0.717, 1.165) is 50.7 Å². The molecule has 1 saturated carbocycles. The Morgan fingerprint density at radius 1 is 0.971 bits per heavy atom. The molecule has 0 aromatic heterocycles. The average Bonchev–Trinajstić information content (AvgIpc) is 2.75. The molecule has 0 aliphatic heterocycles. The van der Waals surface area contributed by atoms with Crippen LogP contribution in [0.25, 0.3) is 0 Å². The third-order valence-electron chi connectivity index (χ3n) is 5.88. The second kappa shape index (κ2) is 11.4. The molecule has 0 unspecified atom stereocenters. The lowest BCUT2D eigenvalue weighted by Crippen LogP contribution is -2.17. The highest BCUT2D eigenvalue weighted by Gasteiger charge is 2.27. The molecule has 0 radical (unpaired) electrons. The van der Waals surface area contributed by atoms with E-state index >= 15 is 0 Å². The Balaban J connectivity index is 1.73. The van der Waals surface area contributed by atoms with Gasteiger partial charge >= 0.3 is 5.97 Å². The summed E-state index contributed by atoms with van der Waals surface area (Å²) in [5.74, 6) is -7.55. The molecule has 184 valence electrons. The molecular formula is C25H24F6O3. The maximum absolute atomic E-state index is 14.7. The van der Waals surface area contributed by atoms with E-state index in [2.05, 4.69) is 11.7 Å². The largest absolute Gasteiger partial charge is 0.459 e. The highest BCUT2D eigenvalue weighted by molar-refractivity contribution is 5.91. The smallest absolute Gasteiger partial charge is 0.349 e. The highest BCUT2D eigenvalue weighted by Crippen LogP contribution is 2.38. The normalized spacial score (nSPS) is 18.5. The van der Waals surface area contributed by atoms with E-state index in [1.165, 1.54) is 0 Å². The first-order valence-corrected chi connectivity index (χ1v) is 11.0. The molecule has 0 atom stereocenters. The highest BCUT2D eigenvalue weighted by atomic mass is 19.3. The van der Waals surface area contributed by atoms with Crippen LogP contribution in [-0.4, -0.2) is 12.4 Å². The van der Waals surface area contributed by atoms with Gasteiger partial charge in [-0.1, -0.05) is 19.8 Å². The molecule has 34 heavy (non-hydrogen) atoms. The molecule has 3 nitrogen and oxygen atoms in total. The third-order valence-corrected chi connectivity index (χ3v) is 5.88. The predicted molar refractivity (Wildman–Crippen MR) is 113 cm³/mol. The fourth-order valence-electron chi connectivity index (χ4n) is 4.25. The van der Waals surface area contributed by atoms with E-state index < -0.39 is 52.7 Å². The van der Waals surface area contributed by atoms with E-state index in [-0.39, 0.29) is 12.0 Å². The number of benzene rings is 2. The summed E-state index contributed by atoms with van der Waals surface area (Å²) in [6.45, 7) is 2.12. The van der Waals surface area contributed by atoms with Gasteiger partial charge in [0.2, 0.25) is 0 Å². The molecule has 0 heterocycles. The average molecular weight is 486 g/mol. The zero-order chi connectivity index (χ0) is 24.8. The van der Waals surface area contributed by atoms with Crippen molar-refractivity contribution in [2.24, 2.45) is 5.92 Å². The molecule has 2 aromatic carbocycles. The SMILES string of the molecule is CCCC1CCC(c2cc(F)c(C(=O)Oc3cc(F)c(OC=CC(F)F)c(F)c3)c(F)c2)CC1. The van der Waals surface area contributed by atoms with Crippen molar-refractivity contribution in [3.63, 3.8) is 0 Å². The molecule has 1 aliphatic rings. The number of alkyl halides is 2. The van der Waals surface area contributed by atoms with Crippen LogP contribution < -0.4 is 9.47 Å². The first kappa shape index (κ1) is 25.6. The van der Waals surface area contributed by atoms with Gasteiger partial charge in [-0.3, -0.25) is 0 Å². The summed E-state index contributed by atoms with van der Waals surface area (Å²) in [6.07, 6.45) is 3.54. The molecule has 2 aromatic rings. The lowest BCUT2D eigenvalue weighted by atomic mass is 9.77. The number of carbonyl (C=O) groups is 1. The Hall–Kier alpha value is -2.97. The molecule has 0 bridgehead atoms. The van der Waals surface area contributed by atoms with Crippen molar-refractivity contribution in [1.82, 2.24) is 0 Å². The number of rotatable bonds is 8. The third kappa shape index (κ3) is 6.33. The Labute approximate surface area is 193 Å². The number of esters is 1. The maximum atomic E-state index is 14.7. The van der Waals surface area contributed by atoms with Crippen LogP contribution in [0.5, 0.6) is 11.5 Å². The van der Waals surface area contributed by atoms with Crippen molar-refractivity contribution >= 4 is 5.97 Å². The lowest BCUT2D eigenvalue weighted by molar-refractivity contribution is 0.0723. The number of ether oxygens (including phenoxy) is 2.